The minimum atomic E-state index is -5.04. The van der Waals surface area contributed by atoms with Crippen molar-refractivity contribution in [3.8, 4) is 5.75 Å². The molecule has 1 fully saturated rings. The Morgan fingerprint density at radius 2 is 2.00 bits per heavy atom. The number of hydrogen-bond acceptors (Lipinski definition) is 9. The molecule has 0 spiro atoms. The number of nitrogens with zero attached hydrogens (tertiary/aromatic N) is 1. The van der Waals surface area contributed by atoms with Gasteiger partial charge in [-0.15, -0.1) is 0 Å². The number of para-hydroxylation sites is 1. The number of H-pyrrole nitrogens is 1. The number of methoxy groups -OCH3 is 1. The lowest BCUT2D eigenvalue weighted by atomic mass is 10.2. The molecule has 1 aliphatic heterocycles. The van der Waals surface area contributed by atoms with Gasteiger partial charge >= 0.3 is 25.6 Å². The third-order valence-corrected chi connectivity index (χ3v) is 6.72. The van der Waals surface area contributed by atoms with Gasteiger partial charge in [0.05, 0.1) is 19.8 Å². The van der Waals surface area contributed by atoms with Crippen LogP contribution in [0.1, 0.15) is 25.1 Å². The summed E-state index contributed by atoms with van der Waals surface area (Å²) in [5.74, 6) is -0.652. The fraction of sp³-hybridized carbons (Fsp3) is 0.450. The molecule has 1 saturated heterocycles. The van der Waals surface area contributed by atoms with Gasteiger partial charge in [-0.05, 0) is 19.1 Å². The Kier molecular flexibility index (Phi) is 8.41. The maximum absolute atomic E-state index is 13.4. The number of aromatic amines is 1. The lowest BCUT2D eigenvalue weighted by Crippen LogP contribution is -2.37. The average molecular weight is 537 g/mol. The van der Waals surface area contributed by atoms with Crippen LogP contribution in [0, 0.1) is 0 Å². The molecule has 1 aromatic carbocycles. The second-order valence-electron chi connectivity index (χ2n) is 7.71. The van der Waals surface area contributed by atoms with Gasteiger partial charge in [-0.2, -0.15) is 18.3 Å². The summed E-state index contributed by atoms with van der Waals surface area (Å²) in [6, 6.07) is 6.67. The molecule has 3 N–H and O–H groups in total. The molecule has 16 heteroatoms. The van der Waals surface area contributed by atoms with Crippen LogP contribution in [0.15, 0.2) is 46.1 Å². The highest BCUT2D eigenvalue weighted by Gasteiger charge is 2.41. The van der Waals surface area contributed by atoms with Crippen molar-refractivity contribution in [1.29, 1.82) is 0 Å². The van der Waals surface area contributed by atoms with Crippen LogP contribution in [0.4, 0.5) is 13.2 Å². The maximum Gasteiger partial charge on any atom is 0.459 e. The minimum absolute atomic E-state index is 0.121. The van der Waals surface area contributed by atoms with Crippen LogP contribution in [-0.4, -0.2) is 52.6 Å². The Labute approximate surface area is 201 Å². The van der Waals surface area contributed by atoms with E-state index in [1.807, 2.05) is 0 Å². The monoisotopic (exact) mass is 537 g/mol. The number of aromatic nitrogens is 2. The Hall–Kier alpha value is -2.97. The number of hydrogen-bond donors (Lipinski definition) is 3. The zero-order valence-corrected chi connectivity index (χ0v) is 19.8. The number of benzene rings is 1. The first kappa shape index (κ1) is 27.6. The average Bonchev–Trinajstić information content (AvgIpc) is 3.17. The Balaban J connectivity index is 1.77. The van der Waals surface area contributed by atoms with Crippen molar-refractivity contribution in [2.75, 3.05) is 13.7 Å². The Morgan fingerprint density at radius 1 is 1.33 bits per heavy atom. The highest BCUT2D eigenvalue weighted by molar-refractivity contribution is 7.52. The first-order valence-corrected chi connectivity index (χ1v) is 12.0. The van der Waals surface area contributed by atoms with Gasteiger partial charge in [0, 0.05) is 12.6 Å². The van der Waals surface area contributed by atoms with E-state index in [-0.39, 0.29) is 12.2 Å². The number of rotatable bonds is 9. The van der Waals surface area contributed by atoms with Gasteiger partial charge in [-0.1, -0.05) is 18.2 Å². The van der Waals surface area contributed by atoms with E-state index in [0.717, 1.165) is 7.11 Å². The summed E-state index contributed by atoms with van der Waals surface area (Å²) < 4.78 is 73.9. The highest BCUT2D eigenvalue weighted by Crippen LogP contribution is 2.46. The number of aliphatic hydroxyl groups is 1. The third kappa shape index (κ3) is 6.62. The minimum Gasteiger partial charge on any atom is -0.468 e. The molecular weight excluding hydrogens is 514 g/mol. The van der Waals surface area contributed by atoms with Gasteiger partial charge in [-0.25, -0.2) is 9.36 Å². The number of nitrogens with one attached hydrogen (secondary N) is 2. The van der Waals surface area contributed by atoms with Crippen molar-refractivity contribution in [1.82, 2.24) is 14.6 Å². The smallest absolute Gasteiger partial charge is 0.459 e. The molecular formula is C20H23F3N3O9P. The molecule has 3 rings (SSSR count). The van der Waals surface area contributed by atoms with E-state index in [1.165, 1.54) is 19.1 Å². The molecule has 0 aliphatic carbocycles. The van der Waals surface area contributed by atoms with Crippen LogP contribution in [-0.2, 0) is 29.5 Å². The molecule has 1 aromatic heterocycles. The standard InChI is InChI=1S/C20H23F3N3O9P/c1-11(18(29)32-2)25-36(31,35-12-6-4-3-5-7-12)33-10-15-14(27)8-16(34-15)26-9-13(20(21,22)23)17(28)24-19(26)30/h3-7,9,11,14-16,27H,8,10H2,1-2H3,(H,25,31)(H,24,28,30)/t11-,14-,15+,16+,36?/m0/s1. The van der Waals surface area contributed by atoms with Gasteiger partial charge in [0.15, 0.2) is 0 Å². The summed E-state index contributed by atoms with van der Waals surface area (Å²) in [7, 11) is -3.17. The third-order valence-electron chi connectivity index (χ3n) is 5.07. The topological polar surface area (TPSA) is 158 Å². The molecule has 0 saturated carbocycles. The van der Waals surface area contributed by atoms with Crippen molar-refractivity contribution in [2.24, 2.45) is 0 Å². The van der Waals surface area contributed by atoms with Crippen LogP contribution in [0.2, 0.25) is 0 Å². The lowest BCUT2D eigenvalue weighted by Gasteiger charge is -2.24. The van der Waals surface area contributed by atoms with Gasteiger partial charge in [-0.3, -0.25) is 23.7 Å². The van der Waals surface area contributed by atoms with Gasteiger partial charge < -0.3 is 19.1 Å². The second-order valence-corrected chi connectivity index (χ2v) is 9.40. The highest BCUT2D eigenvalue weighted by atomic mass is 31.2. The fourth-order valence-electron chi connectivity index (χ4n) is 3.29. The van der Waals surface area contributed by atoms with Crippen molar-refractivity contribution >= 4 is 13.7 Å². The van der Waals surface area contributed by atoms with Gasteiger partial charge in [0.2, 0.25) is 0 Å². The number of esters is 1. The van der Waals surface area contributed by atoms with Crippen LogP contribution < -0.4 is 20.9 Å². The molecule has 36 heavy (non-hydrogen) atoms. The Bertz CT molecular complexity index is 1230. The zero-order valence-electron chi connectivity index (χ0n) is 18.9. The molecule has 1 unspecified atom stereocenters. The van der Waals surface area contributed by atoms with Crippen molar-refractivity contribution in [3.05, 3.63) is 62.9 Å². The number of ether oxygens (including phenoxy) is 2. The second kappa shape index (κ2) is 11.0. The largest absolute Gasteiger partial charge is 0.468 e. The van der Waals surface area contributed by atoms with Crippen molar-refractivity contribution in [3.63, 3.8) is 0 Å². The van der Waals surface area contributed by atoms with Crippen LogP contribution in [0.25, 0.3) is 0 Å². The number of halogens is 3. The summed E-state index contributed by atoms with van der Waals surface area (Å²) in [4.78, 5) is 37.0. The van der Waals surface area contributed by atoms with Gasteiger partial charge in [0.25, 0.3) is 5.56 Å². The van der Waals surface area contributed by atoms with Crippen LogP contribution in [0.3, 0.4) is 0 Å². The molecule has 2 heterocycles. The van der Waals surface area contributed by atoms with E-state index in [0.29, 0.717) is 10.8 Å². The summed E-state index contributed by atoms with van der Waals surface area (Å²) in [6.45, 7) is 0.737. The predicted molar refractivity (Wildman–Crippen MR) is 116 cm³/mol. The van der Waals surface area contributed by atoms with Crippen LogP contribution >= 0.6 is 7.75 Å². The summed E-state index contributed by atoms with van der Waals surface area (Å²) >= 11 is 0. The van der Waals surface area contributed by atoms with Crippen molar-refractivity contribution in [2.45, 2.75) is 44.0 Å². The fourth-order valence-corrected chi connectivity index (χ4v) is 4.79. The number of aliphatic hydroxyl groups excluding tert-OH is 1. The molecule has 1 aliphatic rings. The molecule has 2 aromatic rings. The normalized spacial score (nSPS) is 22.6. The first-order chi connectivity index (χ1) is 16.8. The summed E-state index contributed by atoms with van der Waals surface area (Å²) in [5, 5.41) is 12.7. The molecule has 198 valence electrons. The molecule has 0 bridgehead atoms. The molecule has 5 atom stereocenters. The first-order valence-electron chi connectivity index (χ1n) is 10.4. The quantitative estimate of drug-likeness (QED) is 0.317. The maximum atomic E-state index is 13.4. The summed E-state index contributed by atoms with van der Waals surface area (Å²) in [6.07, 6.45) is -9.09. The zero-order chi connectivity index (χ0) is 26.7. The van der Waals surface area contributed by atoms with E-state index < -0.39 is 67.8 Å². The van der Waals surface area contributed by atoms with E-state index in [4.69, 9.17) is 13.8 Å². The number of carbonyl (C=O) groups is 1. The summed E-state index contributed by atoms with van der Waals surface area (Å²) in [5.41, 5.74) is -4.42. The van der Waals surface area contributed by atoms with E-state index >= 15 is 0 Å². The van der Waals surface area contributed by atoms with E-state index in [9.17, 15) is 37.2 Å². The van der Waals surface area contributed by atoms with E-state index in [1.54, 1.807) is 23.2 Å². The lowest BCUT2D eigenvalue weighted by molar-refractivity contribution is -0.142. The van der Waals surface area contributed by atoms with Gasteiger partial charge in [0.1, 0.15) is 29.7 Å². The molecule has 12 nitrogen and oxygen atoms in total. The number of carbonyl (C=O) groups excluding carboxylic acids is 1. The molecule has 0 radical (unpaired) electrons. The predicted octanol–water partition coefficient (Wildman–Crippen LogP) is 1.56. The van der Waals surface area contributed by atoms with Crippen LogP contribution in [0.5, 0.6) is 5.75 Å². The Morgan fingerprint density at radius 3 is 2.61 bits per heavy atom. The number of alkyl halides is 3. The van der Waals surface area contributed by atoms with E-state index in [2.05, 4.69) is 9.82 Å². The molecule has 0 amide bonds. The SMILES string of the molecule is COC(=O)[C@H](C)NP(=O)(OC[C@H]1O[C@@H](n2cc(C(F)(F)F)c(=O)[nH]c2=O)C[C@@H]1O)Oc1ccccc1. The van der Waals surface area contributed by atoms with Crippen molar-refractivity contribution < 1.29 is 46.2 Å².